The van der Waals surface area contributed by atoms with Gasteiger partial charge in [0.15, 0.2) is 0 Å². The Labute approximate surface area is 90.9 Å². The van der Waals surface area contributed by atoms with E-state index in [9.17, 15) is 4.79 Å². The molecule has 2 nitrogen and oxygen atoms in total. The van der Waals surface area contributed by atoms with Gasteiger partial charge in [0.05, 0.1) is 6.54 Å². The lowest BCUT2D eigenvalue weighted by Crippen LogP contribution is -2.34. The maximum Gasteiger partial charge on any atom is 0.146 e. The molecule has 1 aliphatic rings. The first-order chi connectivity index (χ1) is 7.29. The highest BCUT2D eigenvalue weighted by Gasteiger charge is 2.16. The molecule has 2 rings (SSSR count). The van der Waals surface area contributed by atoms with Crippen molar-refractivity contribution in [3.63, 3.8) is 0 Å². The van der Waals surface area contributed by atoms with Gasteiger partial charge in [-0.05, 0) is 17.5 Å². The number of nitrogens with zero attached hydrogens (tertiary/aromatic N) is 1. The van der Waals surface area contributed by atoms with Gasteiger partial charge in [-0.2, -0.15) is 0 Å². The number of Topliss-reactive ketones (excluding diaryl/α,β-unsaturated/α-hetero) is 1. The zero-order valence-corrected chi connectivity index (χ0v) is 9.20. The number of hydrogen-bond acceptors (Lipinski definition) is 2. The molecule has 0 fully saturated rings. The summed E-state index contributed by atoms with van der Waals surface area (Å²) in [7, 11) is 0. The summed E-state index contributed by atoms with van der Waals surface area (Å²) in [5.41, 5.74) is 2.82. The number of fused-ring (bicyclic) bond motifs is 1. The van der Waals surface area contributed by atoms with Crippen LogP contribution in [-0.2, 0) is 17.8 Å². The zero-order valence-electron chi connectivity index (χ0n) is 9.20. The average Bonchev–Trinajstić information content (AvgIpc) is 2.29. The van der Waals surface area contributed by atoms with Crippen molar-refractivity contribution in [2.24, 2.45) is 0 Å². The highest BCUT2D eigenvalue weighted by Crippen LogP contribution is 2.18. The van der Waals surface area contributed by atoms with Crippen LogP contribution in [0.3, 0.4) is 0 Å². The van der Waals surface area contributed by atoms with Crippen molar-refractivity contribution < 1.29 is 4.79 Å². The SMILES string of the molecule is CCC(=O)CN1CCc2ccccc2C1. The standard InChI is InChI=1S/C13H17NO/c1-2-13(15)10-14-8-7-11-5-3-4-6-12(11)9-14/h3-6H,2,7-10H2,1H3. The van der Waals surface area contributed by atoms with Gasteiger partial charge in [0.2, 0.25) is 0 Å². The Morgan fingerprint density at radius 1 is 1.33 bits per heavy atom. The van der Waals surface area contributed by atoms with Crippen LogP contribution in [0.1, 0.15) is 24.5 Å². The number of carbonyl (C=O) groups is 1. The van der Waals surface area contributed by atoms with Crippen molar-refractivity contribution in [2.45, 2.75) is 26.3 Å². The number of carbonyl (C=O) groups excluding carboxylic acids is 1. The molecule has 1 heterocycles. The van der Waals surface area contributed by atoms with E-state index >= 15 is 0 Å². The van der Waals surface area contributed by atoms with Crippen molar-refractivity contribution in [3.8, 4) is 0 Å². The molecule has 0 bridgehead atoms. The van der Waals surface area contributed by atoms with E-state index in [1.165, 1.54) is 11.1 Å². The van der Waals surface area contributed by atoms with E-state index in [2.05, 4.69) is 29.2 Å². The minimum atomic E-state index is 0.342. The topological polar surface area (TPSA) is 20.3 Å². The molecule has 0 atom stereocenters. The van der Waals surface area contributed by atoms with E-state index in [1.807, 2.05) is 6.92 Å². The maximum absolute atomic E-state index is 11.4. The summed E-state index contributed by atoms with van der Waals surface area (Å²) in [5, 5.41) is 0. The van der Waals surface area contributed by atoms with Crippen LogP contribution in [-0.4, -0.2) is 23.8 Å². The molecule has 1 aromatic carbocycles. The number of hydrogen-bond donors (Lipinski definition) is 0. The van der Waals surface area contributed by atoms with Crippen LogP contribution in [0.2, 0.25) is 0 Å². The summed E-state index contributed by atoms with van der Waals surface area (Å²) in [4.78, 5) is 13.6. The normalized spacial score (nSPS) is 16.1. The summed E-state index contributed by atoms with van der Waals surface area (Å²) >= 11 is 0. The Morgan fingerprint density at radius 2 is 2.07 bits per heavy atom. The Kier molecular flexibility index (Phi) is 3.17. The van der Waals surface area contributed by atoms with Crippen LogP contribution in [0, 0.1) is 0 Å². The first kappa shape index (κ1) is 10.4. The van der Waals surface area contributed by atoms with Gasteiger partial charge < -0.3 is 0 Å². The van der Waals surface area contributed by atoms with Gasteiger partial charge in [-0.15, -0.1) is 0 Å². The van der Waals surface area contributed by atoms with Crippen LogP contribution in [0.5, 0.6) is 0 Å². The third-order valence-corrected chi connectivity index (χ3v) is 3.00. The smallest absolute Gasteiger partial charge is 0.146 e. The fourth-order valence-corrected chi connectivity index (χ4v) is 2.05. The van der Waals surface area contributed by atoms with Gasteiger partial charge in [0, 0.05) is 19.5 Å². The van der Waals surface area contributed by atoms with Gasteiger partial charge in [0.25, 0.3) is 0 Å². The Balaban J connectivity index is 2.02. The molecule has 1 aromatic rings. The van der Waals surface area contributed by atoms with Crippen LogP contribution in [0.15, 0.2) is 24.3 Å². The third-order valence-electron chi connectivity index (χ3n) is 3.00. The first-order valence-electron chi connectivity index (χ1n) is 5.60. The average molecular weight is 203 g/mol. The fraction of sp³-hybridized carbons (Fsp3) is 0.462. The molecular weight excluding hydrogens is 186 g/mol. The minimum Gasteiger partial charge on any atom is -0.298 e. The molecule has 0 aliphatic carbocycles. The largest absolute Gasteiger partial charge is 0.298 e. The lowest BCUT2D eigenvalue weighted by Gasteiger charge is -2.27. The lowest BCUT2D eigenvalue weighted by atomic mass is 10.00. The second-order valence-electron chi connectivity index (χ2n) is 4.12. The third kappa shape index (κ3) is 2.45. The van der Waals surface area contributed by atoms with Crippen LogP contribution in [0.25, 0.3) is 0 Å². The molecule has 0 radical (unpaired) electrons. The van der Waals surface area contributed by atoms with Crippen LogP contribution in [0.4, 0.5) is 0 Å². The molecule has 1 aliphatic heterocycles. The van der Waals surface area contributed by atoms with E-state index in [1.54, 1.807) is 0 Å². The lowest BCUT2D eigenvalue weighted by molar-refractivity contribution is -0.120. The molecule has 0 N–H and O–H groups in total. The number of rotatable bonds is 3. The van der Waals surface area contributed by atoms with Crippen LogP contribution >= 0.6 is 0 Å². The van der Waals surface area contributed by atoms with Gasteiger partial charge >= 0.3 is 0 Å². The van der Waals surface area contributed by atoms with E-state index in [4.69, 9.17) is 0 Å². The zero-order chi connectivity index (χ0) is 10.7. The van der Waals surface area contributed by atoms with Crippen molar-refractivity contribution in [3.05, 3.63) is 35.4 Å². The molecule has 2 heteroatoms. The van der Waals surface area contributed by atoms with E-state index in [0.29, 0.717) is 18.7 Å². The summed E-state index contributed by atoms with van der Waals surface area (Å²) in [6.07, 6.45) is 1.73. The highest BCUT2D eigenvalue weighted by atomic mass is 16.1. The minimum absolute atomic E-state index is 0.342. The fourth-order valence-electron chi connectivity index (χ4n) is 2.05. The van der Waals surface area contributed by atoms with Crippen LogP contribution < -0.4 is 0 Å². The van der Waals surface area contributed by atoms with Gasteiger partial charge in [-0.25, -0.2) is 0 Å². The maximum atomic E-state index is 11.4. The molecule has 0 saturated heterocycles. The molecular formula is C13H17NO. The molecule has 80 valence electrons. The van der Waals surface area contributed by atoms with Crippen molar-refractivity contribution in [1.82, 2.24) is 4.90 Å². The van der Waals surface area contributed by atoms with E-state index in [-0.39, 0.29) is 0 Å². The molecule has 0 spiro atoms. The monoisotopic (exact) mass is 203 g/mol. The Hall–Kier alpha value is -1.15. The van der Waals surface area contributed by atoms with Crippen molar-refractivity contribution in [2.75, 3.05) is 13.1 Å². The predicted molar refractivity (Wildman–Crippen MR) is 60.7 cm³/mol. The van der Waals surface area contributed by atoms with Gasteiger partial charge in [-0.3, -0.25) is 9.69 Å². The van der Waals surface area contributed by atoms with E-state index < -0.39 is 0 Å². The second kappa shape index (κ2) is 4.58. The second-order valence-corrected chi connectivity index (χ2v) is 4.12. The van der Waals surface area contributed by atoms with Crippen molar-refractivity contribution in [1.29, 1.82) is 0 Å². The quantitative estimate of drug-likeness (QED) is 0.749. The molecule has 0 saturated carbocycles. The van der Waals surface area contributed by atoms with E-state index in [0.717, 1.165) is 19.5 Å². The molecule has 0 unspecified atom stereocenters. The summed E-state index contributed by atoms with van der Waals surface area (Å²) in [6.45, 7) is 4.50. The first-order valence-corrected chi connectivity index (χ1v) is 5.60. The van der Waals surface area contributed by atoms with Gasteiger partial charge in [0.1, 0.15) is 5.78 Å². The van der Waals surface area contributed by atoms with Crippen molar-refractivity contribution >= 4 is 5.78 Å². The Bertz CT molecular complexity index is 359. The Morgan fingerprint density at radius 3 is 2.80 bits per heavy atom. The number of ketones is 1. The number of benzene rings is 1. The highest BCUT2D eigenvalue weighted by molar-refractivity contribution is 5.80. The molecule has 0 aromatic heterocycles. The van der Waals surface area contributed by atoms with Gasteiger partial charge in [-0.1, -0.05) is 31.2 Å². The predicted octanol–water partition coefficient (Wildman–Crippen LogP) is 2.02. The summed E-state index contributed by atoms with van der Waals surface area (Å²) in [6, 6.07) is 8.52. The molecule has 15 heavy (non-hydrogen) atoms. The molecule has 0 amide bonds. The summed E-state index contributed by atoms with van der Waals surface area (Å²) in [5.74, 6) is 0.342. The summed E-state index contributed by atoms with van der Waals surface area (Å²) < 4.78 is 0.